The van der Waals surface area contributed by atoms with Crippen LogP contribution in [0.5, 0.6) is 0 Å². The van der Waals surface area contributed by atoms with Gasteiger partial charge >= 0.3 is 6.03 Å². The second-order valence-corrected chi connectivity index (χ2v) is 6.37. The SMILES string of the molecule is O=C(CN1CCC(NC(=O)Nc2ccccc2)CC1)NCc1ccco1. The highest BCUT2D eigenvalue weighted by Gasteiger charge is 2.22. The lowest BCUT2D eigenvalue weighted by atomic mass is 10.1. The molecule has 3 amide bonds. The molecule has 0 radical (unpaired) electrons. The van der Waals surface area contributed by atoms with Gasteiger partial charge in [0.05, 0.1) is 19.4 Å². The molecule has 0 spiro atoms. The summed E-state index contributed by atoms with van der Waals surface area (Å²) >= 11 is 0. The maximum atomic E-state index is 12.0. The maximum Gasteiger partial charge on any atom is 0.319 e. The van der Waals surface area contributed by atoms with Gasteiger partial charge in [-0.1, -0.05) is 18.2 Å². The van der Waals surface area contributed by atoms with Gasteiger partial charge < -0.3 is 20.4 Å². The number of rotatable bonds is 6. The van der Waals surface area contributed by atoms with E-state index in [0.29, 0.717) is 13.1 Å². The van der Waals surface area contributed by atoms with Gasteiger partial charge in [-0.25, -0.2) is 4.79 Å². The van der Waals surface area contributed by atoms with Crippen molar-refractivity contribution in [2.24, 2.45) is 0 Å². The number of nitrogens with zero attached hydrogens (tertiary/aromatic N) is 1. The predicted octanol–water partition coefficient (Wildman–Crippen LogP) is 2.18. The van der Waals surface area contributed by atoms with Crippen LogP contribution in [0.25, 0.3) is 0 Å². The van der Waals surface area contributed by atoms with Crippen LogP contribution in [-0.4, -0.2) is 42.5 Å². The van der Waals surface area contributed by atoms with Crippen molar-refractivity contribution in [1.29, 1.82) is 0 Å². The Kier molecular flexibility index (Phi) is 6.27. The number of hydrogen-bond donors (Lipinski definition) is 3. The molecule has 7 nitrogen and oxygen atoms in total. The molecule has 1 saturated heterocycles. The number of amides is 3. The molecule has 1 fully saturated rings. The number of anilines is 1. The first-order valence-electron chi connectivity index (χ1n) is 8.83. The largest absolute Gasteiger partial charge is 0.467 e. The van der Waals surface area contributed by atoms with Crippen LogP contribution in [0.2, 0.25) is 0 Å². The molecule has 3 rings (SSSR count). The molecule has 1 aromatic carbocycles. The second-order valence-electron chi connectivity index (χ2n) is 6.37. The number of piperidine rings is 1. The van der Waals surface area contributed by atoms with Gasteiger partial charge in [0.25, 0.3) is 0 Å². The number of para-hydroxylation sites is 1. The van der Waals surface area contributed by atoms with Crippen LogP contribution in [0.1, 0.15) is 18.6 Å². The Morgan fingerprint density at radius 3 is 2.54 bits per heavy atom. The van der Waals surface area contributed by atoms with E-state index in [9.17, 15) is 9.59 Å². The van der Waals surface area contributed by atoms with Crippen molar-refractivity contribution in [2.45, 2.75) is 25.4 Å². The Morgan fingerprint density at radius 2 is 1.85 bits per heavy atom. The van der Waals surface area contributed by atoms with Gasteiger partial charge in [-0.2, -0.15) is 0 Å². The first kappa shape index (κ1) is 18.0. The summed E-state index contributed by atoms with van der Waals surface area (Å²) in [7, 11) is 0. The van der Waals surface area contributed by atoms with E-state index in [4.69, 9.17) is 4.42 Å². The minimum absolute atomic E-state index is 0.0189. The van der Waals surface area contributed by atoms with Gasteiger partial charge in [0.2, 0.25) is 5.91 Å². The molecular formula is C19H24N4O3. The van der Waals surface area contributed by atoms with Crippen molar-refractivity contribution >= 4 is 17.6 Å². The normalized spacial score (nSPS) is 15.4. The lowest BCUT2D eigenvalue weighted by Gasteiger charge is -2.31. The number of furan rings is 1. The van der Waals surface area contributed by atoms with Crippen molar-refractivity contribution in [3.63, 3.8) is 0 Å². The minimum Gasteiger partial charge on any atom is -0.467 e. The monoisotopic (exact) mass is 356 g/mol. The van der Waals surface area contributed by atoms with Gasteiger partial charge in [0.15, 0.2) is 0 Å². The summed E-state index contributed by atoms with van der Waals surface area (Å²) in [5.74, 6) is 0.723. The molecule has 0 saturated carbocycles. The van der Waals surface area contributed by atoms with E-state index in [1.165, 1.54) is 0 Å². The van der Waals surface area contributed by atoms with Crippen LogP contribution in [0, 0.1) is 0 Å². The summed E-state index contributed by atoms with van der Waals surface area (Å²) in [4.78, 5) is 26.1. The molecule has 26 heavy (non-hydrogen) atoms. The zero-order valence-electron chi connectivity index (χ0n) is 14.6. The number of urea groups is 1. The van der Waals surface area contributed by atoms with Gasteiger partial charge in [-0.05, 0) is 37.1 Å². The van der Waals surface area contributed by atoms with Crippen molar-refractivity contribution in [3.8, 4) is 0 Å². The van der Waals surface area contributed by atoms with Gasteiger partial charge in [-0.3, -0.25) is 9.69 Å². The van der Waals surface area contributed by atoms with E-state index in [-0.39, 0.29) is 18.0 Å². The fraction of sp³-hybridized carbons (Fsp3) is 0.368. The third-order valence-electron chi connectivity index (χ3n) is 4.36. The lowest BCUT2D eigenvalue weighted by Crippen LogP contribution is -2.48. The molecular weight excluding hydrogens is 332 g/mol. The molecule has 1 aromatic heterocycles. The molecule has 138 valence electrons. The van der Waals surface area contributed by atoms with Gasteiger partial charge in [-0.15, -0.1) is 0 Å². The standard InChI is InChI=1S/C19H24N4O3/c24-18(20-13-17-7-4-12-26-17)14-23-10-8-16(9-11-23)22-19(25)21-15-5-2-1-3-6-15/h1-7,12,16H,8-11,13-14H2,(H,20,24)(H2,21,22,25). The first-order chi connectivity index (χ1) is 12.7. The molecule has 7 heteroatoms. The zero-order chi connectivity index (χ0) is 18.2. The van der Waals surface area contributed by atoms with Gasteiger partial charge in [0.1, 0.15) is 5.76 Å². The summed E-state index contributed by atoms with van der Waals surface area (Å²) < 4.78 is 5.19. The van der Waals surface area contributed by atoms with Crippen molar-refractivity contribution in [2.75, 3.05) is 25.0 Å². The molecule has 1 aliphatic rings. The molecule has 3 N–H and O–H groups in total. The molecule has 0 aliphatic carbocycles. The average Bonchev–Trinajstić information content (AvgIpc) is 3.16. The van der Waals surface area contributed by atoms with E-state index in [1.807, 2.05) is 36.4 Å². The third-order valence-corrected chi connectivity index (χ3v) is 4.36. The Bertz CT molecular complexity index is 695. The van der Waals surface area contributed by atoms with E-state index >= 15 is 0 Å². The second kappa shape index (κ2) is 9.05. The topological polar surface area (TPSA) is 86.6 Å². The van der Waals surface area contributed by atoms with Crippen LogP contribution < -0.4 is 16.0 Å². The Labute approximate surface area is 152 Å². The van der Waals surface area contributed by atoms with Crippen LogP contribution in [0.15, 0.2) is 53.1 Å². The Hall–Kier alpha value is -2.80. The summed E-state index contributed by atoms with van der Waals surface area (Å²) in [5.41, 5.74) is 0.774. The Morgan fingerprint density at radius 1 is 1.08 bits per heavy atom. The number of hydrogen-bond acceptors (Lipinski definition) is 4. The van der Waals surface area contributed by atoms with Crippen LogP contribution >= 0.6 is 0 Å². The van der Waals surface area contributed by atoms with E-state index in [2.05, 4.69) is 20.9 Å². The fourth-order valence-electron chi connectivity index (χ4n) is 2.97. The maximum absolute atomic E-state index is 12.0. The first-order valence-corrected chi connectivity index (χ1v) is 8.83. The number of nitrogens with one attached hydrogen (secondary N) is 3. The highest BCUT2D eigenvalue weighted by molar-refractivity contribution is 5.89. The minimum atomic E-state index is -0.189. The number of likely N-dealkylation sites (tertiary alicyclic amines) is 1. The van der Waals surface area contributed by atoms with Crippen molar-refractivity contribution < 1.29 is 14.0 Å². The summed E-state index contributed by atoms with van der Waals surface area (Å²) in [6.45, 7) is 2.34. The molecule has 0 bridgehead atoms. The number of benzene rings is 1. The van der Waals surface area contributed by atoms with E-state index in [1.54, 1.807) is 12.3 Å². The summed E-state index contributed by atoms with van der Waals surface area (Å²) in [6.07, 6.45) is 3.24. The highest BCUT2D eigenvalue weighted by atomic mass is 16.3. The van der Waals surface area contributed by atoms with Crippen LogP contribution in [0.4, 0.5) is 10.5 Å². The zero-order valence-corrected chi connectivity index (χ0v) is 14.6. The summed E-state index contributed by atoms with van der Waals surface area (Å²) in [5, 5.41) is 8.67. The number of carbonyl (C=O) groups excluding carboxylic acids is 2. The average molecular weight is 356 g/mol. The quantitative estimate of drug-likeness (QED) is 0.740. The van der Waals surface area contributed by atoms with Crippen LogP contribution in [0.3, 0.4) is 0 Å². The van der Waals surface area contributed by atoms with Gasteiger partial charge in [0, 0.05) is 24.8 Å². The molecule has 2 heterocycles. The van der Waals surface area contributed by atoms with Crippen molar-refractivity contribution in [3.05, 3.63) is 54.5 Å². The fourth-order valence-corrected chi connectivity index (χ4v) is 2.97. The van der Waals surface area contributed by atoms with Crippen molar-refractivity contribution in [1.82, 2.24) is 15.5 Å². The number of carbonyl (C=O) groups is 2. The molecule has 1 aliphatic heterocycles. The highest BCUT2D eigenvalue weighted by Crippen LogP contribution is 2.11. The van der Waals surface area contributed by atoms with E-state index < -0.39 is 0 Å². The summed E-state index contributed by atoms with van der Waals surface area (Å²) in [6, 6.07) is 12.9. The molecule has 0 atom stereocenters. The van der Waals surface area contributed by atoms with E-state index in [0.717, 1.165) is 37.4 Å². The smallest absolute Gasteiger partial charge is 0.319 e. The van der Waals surface area contributed by atoms with Crippen LogP contribution in [-0.2, 0) is 11.3 Å². The lowest BCUT2D eigenvalue weighted by molar-refractivity contribution is -0.122. The predicted molar refractivity (Wildman–Crippen MR) is 98.6 cm³/mol. The molecule has 0 unspecified atom stereocenters. The Balaban J connectivity index is 1.33. The third kappa shape index (κ3) is 5.63. The molecule has 2 aromatic rings.